The van der Waals surface area contributed by atoms with Gasteiger partial charge in [0.25, 0.3) is 0 Å². The molecule has 1 saturated heterocycles. The van der Waals surface area contributed by atoms with Crippen molar-refractivity contribution in [1.29, 1.82) is 0 Å². The van der Waals surface area contributed by atoms with Crippen LogP contribution in [0.3, 0.4) is 0 Å². The Balaban J connectivity index is 0.000000205. The van der Waals surface area contributed by atoms with Gasteiger partial charge in [-0.1, -0.05) is 42.5 Å². The second-order valence-electron chi connectivity index (χ2n) is 11.3. The molecule has 0 spiro atoms. The van der Waals surface area contributed by atoms with Crippen LogP contribution in [0.5, 0.6) is 23.0 Å². The number of hydrogen-bond acceptors (Lipinski definition) is 13. The number of benzene rings is 4. The van der Waals surface area contributed by atoms with Crippen molar-refractivity contribution in [3.05, 3.63) is 117 Å². The second-order valence-corrected chi connectivity index (χ2v) is 11.3. The number of aliphatic hydroxyl groups is 4. The van der Waals surface area contributed by atoms with Gasteiger partial charge in [-0.2, -0.15) is 0 Å². The zero-order valence-corrected chi connectivity index (χ0v) is 25.4. The van der Waals surface area contributed by atoms with Gasteiger partial charge in [0.1, 0.15) is 64.5 Å². The van der Waals surface area contributed by atoms with E-state index in [0.717, 1.165) is 29.8 Å². The van der Waals surface area contributed by atoms with Crippen LogP contribution in [-0.2, 0) is 4.74 Å². The van der Waals surface area contributed by atoms with Gasteiger partial charge in [0, 0.05) is 29.3 Å². The molecule has 1 fully saturated rings. The van der Waals surface area contributed by atoms with E-state index in [2.05, 4.69) is 0 Å². The van der Waals surface area contributed by atoms with Crippen molar-refractivity contribution in [3.63, 3.8) is 0 Å². The van der Waals surface area contributed by atoms with Gasteiger partial charge >= 0.3 is 0 Å². The van der Waals surface area contributed by atoms with Gasteiger partial charge in [-0.05, 0) is 30.3 Å². The van der Waals surface area contributed by atoms with Crippen molar-refractivity contribution in [3.8, 4) is 45.6 Å². The molecular formula is C36H30O13. The molecule has 49 heavy (non-hydrogen) atoms. The molecular weight excluding hydrogens is 640 g/mol. The van der Waals surface area contributed by atoms with Crippen LogP contribution in [0.2, 0.25) is 0 Å². The molecule has 252 valence electrons. The summed E-state index contributed by atoms with van der Waals surface area (Å²) in [6, 6.07) is 23.9. The number of aliphatic hydroxyl groups excluding tert-OH is 4. The van der Waals surface area contributed by atoms with Gasteiger partial charge in [-0.3, -0.25) is 9.59 Å². The van der Waals surface area contributed by atoms with E-state index in [0.29, 0.717) is 16.7 Å². The lowest BCUT2D eigenvalue weighted by Gasteiger charge is -2.40. The molecule has 7 rings (SSSR count). The van der Waals surface area contributed by atoms with Crippen molar-refractivity contribution in [2.75, 3.05) is 6.61 Å². The molecule has 0 radical (unpaired) electrons. The molecule has 13 heteroatoms. The monoisotopic (exact) mass is 670 g/mol. The number of hydrogen-bond donors (Lipinski definition) is 8. The molecule has 6 aromatic rings. The quantitative estimate of drug-likeness (QED) is 0.126. The summed E-state index contributed by atoms with van der Waals surface area (Å²) >= 11 is 0. The Bertz CT molecular complexity index is 2260. The number of para-hydroxylation sites is 1. The lowest BCUT2D eigenvalue weighted by atomic mass is 9.89. The fourth-order valence-electron chi connectivity index (χ4n) is 5.60. The van der Waals surface area contributed by atoms with Crippen LogP contribution >= 0.6 is 0 Å². The normalized spacial score (nSPS) is 20.5. The smallest absolute Gasteiger partial charge is 0.197 e. The summed E-state index contributed by atoms with van der Waals surface area (Å²) in [5, 5.41) is 80.3. The van der Waals surface area contributed by atoms with Gasteiger partial charge in [-0.25, -0.2) is 0 Å². The molecule has 1 aliphatic heterocycles. The summed E-state index contributed by atoms with van der Waals surface area (Å²) < 4.78 is 16.9. The Kier molecular flexibility index (Phi) is 9.10. The van der Waals surface area contributed by atoms with Crippen LogP contribution in [0.4, 0.5) is 0 Å². The van der Waals surface area contributed by atoms with E-state index in [1.807, 2.05) is 48.5 Å². The highest BCUT2D eigenvalue weighted by Crippen LogP contribution is 2.44. The lowest BCUT2D eigenvalue weighted by molar-refractivity contribution is -0.231. The minimum absolute atomic E-state index is 0.00861. The molecule has 8 N–H and O–H groups in total. The standard InChI is InChI=1S/C21H20O11.C15H10O2/c22-6-14-17(28)18(29)19(30)21(32-14)16-11(26)4-10(25)15-12(27)5-13(31-20(15)16)7-1-2-8(23)9(24)3-7;16-13-10-15(11-6-2-1-3-7-11)17-14-9-5-4-8-12(13)14/h1-5,14,17-19,21-26,28-30H,6H2;1-10H/t14-,17-,18+,19-,21+;/m1./s1. The third kappa shape index (κ3) is 6.32. The molecule has 2 aromatic heterocycles. The predicted molar refractivity (Wildman–Crippen MR) is 175 cm³/mol. The summed E-state index contributed by atoms with van der Waals surface area (Å²) in [4.78, 5) is 24.7. The number of aromatic hydroxyl groups is 4. The van der Waals surface area contributed by atoms with Gasteiger partial charge in [-0.15, -0.1) is 0 Å². The van der Waals surface area contributed by atoms with Gasteiger partial charge in [0.05, 0.1) is 17.6 Å². The molecule has 0 amide bonds. The third-order valence-electron chi connectivity index (χ3n) is 8.13. The van der Waals surface area contributed by atoms with Crippen LogP contribution in [0.25, 0.3) is 44.6 Å². The summed E-state index contributed by atoms with van der Waals surface area (Å²) in [6.07, 6.45) is -8.07. The largest absolute Gasteiger partial charge is 0.507 e. The Morgan fingerprint density at radius 2 is 1.27 bits per heavy atom. The highest BCUT2D eigenvalue weighted by atomic mass is 16.5. The van der Waals surface area contributed by atoms with Crippen LogP contribution in [0, 0.1) is 0 Å². The zero-order valence-electron chi connectivity index (χ0n) is 25.4. The topological polar surface area (TPSA) is 231 Å². The maximum atomic E-state index is 12.8. The summed E-state index contributed by atoms with van der Waals surface area (Å²) in [6.45, 7) is -0.722. The lowest BCUT2D eigenvalue weighted by Crippen LogP contribution is -2.55. The first-order chi connectivity index (χ1) is 23.5. The van der Waals surface area contributed by atoms with Gasteiger partial charge < -0.3 is 54.4 Å². The van der Waals surface area contributed by atoms with Crippen molar-refractivity contribution in [2.45, 2.75) is 30.5 Å². The Hall–Kier alpha value is -5.70. The molecule has 13 nitrogen and oxygen atoms in total. The van der Waals surface area contributed by atoms with E-state index < -0.39 is 65.6 Å². The molecule has 1 aliphatic rings. The average Bonchev–Trinajstić information content (AvgIpc) is 3.09. The van der Waals surface area contributed by atoms with E-state index in [9.17, 15) is 50.4 Å². The first-order valence-electron chi connectivity index (χ1n) is 14.9. The molecule has 0 saturated carbocycles. The Morgan fingerprint density at radius 3 is 1.98 bits per heavy atom. The van der Waals surface area contributed by atoms with Crippen LogP contribution in [0.15, 0.2) is 109 Å². The zero-order chi connectivity index (χ0) is 35.0. The van der Waals surface area contributed by atoms with Crippen LogP contribution < -0.4 is 10.9 Å². The van der Waals surface area contributed by atoms with Gasteiger partial charge in [0.2, 0.25) is 0 Å². The van der Waals surface area contributed by atoms with E-state index in [4.69, 9.17) is 13.6 Å². The number of phenols is 4. The van der Waals surface area contributed by atoms with Crippen molar-refractivity contribution in [2.24, 2.45) is 0 Å². The highest BCUT2D eigenvalue weighted by Gasteiger charge is 2.46. The Morgan fingerprint density at radius 1 is 0.592 bits per heavy atom. The SMILES string of the molecule is O=c1cc(-c2ccc(O)c(O)c2)oc2c([C@@H]3O[C@H](CO)[C@@H](O)[C@H](O)[C@H]3O)c(O)cc(O)c12.O=c1cc(-c2ccccc2)oc2ccccc12. The Labute approximate surface area is 276 Å². The van der Waals surface area contributed by atoms with Crippen molar-refractivity contribution >= 4 is 21.9 Å². The minimum Gasteiger partial charge on any atom is -0.507 e. The van der Waals surface area contributed by atoms with Gasteiger partial charge in [0.15, 0.2) is 27.9 Å². The first-order valence-corrected chi connectivity index (χ1v) is 14.9. The molecule has 0 aliphatic carbocycles. The number of rotatable bonds is 4. The van der Waals surface area contributed by atoms with Crippen LogP contribution in [-0.4, -0.2) is 71.9 Å². The third-order valence-corrected chi connectivity index (χ3v) is 8.13. The second kappa shape index (κ2) is 13.4. The van der Waals surface area contributed by atoms with E-state index in [1.165, 1.54) is 12.1 Å². The maximum absolute atomic E-state index is 12.8. The molecule has 3 heterocycles. The highest BCUT2D eigenvalue weighted by molar-refractivity contribution is 5.89. The van der Waals surface area contributed by atoms with Crippen molar-refractivity contribution < 1.29 is 54.4 Å². The van der Waals surface area contributed by atoms with Crippen LogP contribution in [0.1, 0.15) is 11.7 Å². The molecule has 0 bridgehead atoms. The minimum atomic E-state index is -1.79. The maximum Gasteiger partial charge on any atom is 0.197 e. The molecule has 5 atom stereocenters. The predicted octanol–water partition coefficient (Wildman–Crippen LogP) is 3.26. The summed E-state index contributed by atoms with van der Waals surface area (Å²) in [5.41, 5.74) is 0.262. The fourth-order valence-corrected chi connectivity index (χ4v) is 5.60. The number of fused-ring (bicyclic) bond motifs is 2. The average molecular weight is 671 g/mol. The van der Waals surface area contributed by atoms with E-state index in [1.54, 1.807) is 6.07 Å². The summed E-state index contributed by atoms with van der Waals surface area (Å²) in [5.74, 6) is -1.68. The van der Waals surface area contributed by atoms with E-state index >= 15 is 0 Å². The molecule has 0 unspecified atom stereocenters. The summed E-state index contributed by atoms with van der Waals surface area (Å²) in [7, 11) is 0. The van der Waals surface area contributed by atoms with Crippen molar-refractivity contribution in [1.82, 2.24) is 0 Å². The fraction of sp³-hybridized carbons (Fsp3) is 0.167. The number of ether oxygens (including phenoxy) is 1. The van der Waals surface area contributed by atoms with E-state index in [-0.39, 0.29) is 33.3 Å². The number of phenolic OH excluding ortho intramolecular Hbond substituents is 4. The molecule has 4 aromatic carbocycles. The first kappa shape index (κ1) is 33.2.